The van der Waals surface area contributed by atoms with E-state index >= 15 is 0 Å². The zero-order valence-corrected chi connectivity index (χ0v) is 19.7. The van der Waals surface area contributed by atoms with Crippen molar-refractivity contribution >= 4 is 46.4 Å². The molecule has 3 rings (SSSR count). The molecule has 0 bridgehead atoms. The predicted octanol–water partition coefficient (Wildman–Crippen LogP) is 3.09. The van der Waals surface area contributed by atoms with E-state index in [1.807, 2.05) is 42.5 Å². The number of benzene rings is 2. The maximum atomic E-state index is 13.1. The van der Waals surface area contributed by atoms with Crippen molar-refractivity contribution in [3.8, 4) is 0 Å². The predicted molar refractivity (Wildman–Crippen MR) is 130 cm³/mol. The molecule has 0 aliphatic carbocycles. The molecule has 1 heterocycles. The molecule has 0 spiro atoms. The Kier molecular flexibility index (Phi) is 9.86. The van der Waals surface area contributed by atoms with Gasteiger partial charge in [-0.3, -0.25) is 9.20 Å². The number of aliphatic imine (C=N–C) groups is 1. The van der Waals surface area contributed by atoms with Gasteiger partial charge in [0.05, 0.1) is 0 Å². The molecule has 1 aliphatic rings. The number of rotatable bonds is 6. The van der Waals surface area contributed by atoms with Crippen LogP contribution in [0.5, 0.6) is 0 Å². The van der Waals surface area contributed by atoms with Crippen LogP contribution in [0, 0.1) is 5.82 Å². The smallest absolute Gasteiger partial charge is 0.193 e. The molecule has 8 heteroatoms. The van der Waals surface area contributed by atoms with Crippen molar-refractivity contribution in [2.24, 2.45) is 4.99 Å². The molecule has 1 fully saturated rings. The van der Waals surface area contributed by atoms with E-state index in [0.717, 1.165) is 43.4 Å². The summed E-state index contributed by atoms with van der Waals surface area (Å²) in [5.41, 5.74) is 2.14. The minimum Gasteiger partial charge on any atom is -0.368 e. The molecule has 1 unspecified atom stereocenters. The number of nitrogens with one attached hydrogen (secondary N) is 1. The Morgan fingerprint density at radius 3 is 2.34 bits per heavy atom. The molecule has 1 atom stereocenters. The van der Waals surface area contributed by atoms with E-state index in [2.05, 4.69) is 20.1 Å². The van der Waals surface area contributed by atoms with Crippen molar-refractivity contribution in [2.75, 3.05) is 50.4 Å². The van der Waals surface area contributed by atoms with Gasteiger partial charge in [-0.15, -0.1) is 24.0 Å². The summed E-state index contributed by atoms with van der Waals surface area (Å²) in [5, 5.41) is 3.33. The summed E-state index contributed by atoms with van der Waals surface area (Å²) in [4.78, 5) is 8.82. The van der Waals surface area contributed by atoms with Crippen LogP contribution in [0.1, 0.15) is 5.56 Å². The number of anilines is 1. The second-order valence-corrected chi connectivity index (χ2v) is 8.27. The quantitative estimate of drug-likeness (QED) is 0.355. The van der Waals surface area contributed by atoms with Crippen LogP contribution in [-0.2, 0) is 16.6 Å². The van der Waals surface area contributed by atoms with E-state index in [0.29, 0.717) is 18.1 Å². The topological polar surface area (TPSA) is 47.9 Å². The highest BCUT2D eigenvalue weighted by molar-refractivity contribution is 14.0. The third-order valence-corrected chi connectivity index (χ3v) is 6.08. The van der Waals surface area contributed by atoms with Crippen LogP contribution in [0.15, 0.2) is 59.6 Å². The molecule has 2 aromatic carbocycles. The van der Waals surface area contributed by atoms with E-state index in [9.17, 15) is 8.60 Å². The van der Waals surface area contributed by atoms with E-state index in [1.54, 1.807) is 7.05 Å². The molecule has 158 valence electrons. The van der Waals surface area contributed by atoms with Crippen molar-refractivity contribution in [3.63, 3.8) is 0 Å². The van der Waals surface area contributed by atoms with Crippen LogP contribution in [0.4, 0.5) is 10.1 Å². The van der Waals surface area contributed by atoms with Crippen molar-refractivity contribution in [1.29, 1.82) is 0 Å². The Bertz CT molecular complexity index is 796. The van der Waals surface area contributed by atoms with Gasteiger partial charge in [0.25, 0.3) is 0 Å². The molecule has 29 heavy (non-hydrogen) atoms. The lowest BCUT2D eigenvalue weighted by Crippen LogP contribution is -2.53. The van der Waals surface area contributed by atoms with E-state index < -0.39 is 10.8 Å². The van der Waals surface area contributed by atoms with Crippen LogP contribution in [-0.4, -0.2) is 60.6 Å². The number of guanidine groups is 1. The summed E-state index contributed by atoms with van der Waals surface area (Å²) in [6, 6.07) is 16.6. The van der Waals surface area contributed by atoms with Crippen LogP contribution >= 0.6 is 24.0 Å². The highest BCUT2D eigenvalue weighted by atomic mass is 127. The zero-order chi connectivity index (χ0) is 19.8. The molecule has 0 aromatic heterocycles. The molecule has 1 N–H and O–H groups in total. The largest absolute Gasteiger partial charge is 0.368 e. The average molecular weight is 530 g/mol. The zero-order valence-electron chi connectivity index (χ0n) is 16.6. The second kappa shape index (κ2) is 12.1. The molecule has 0 radical (unpaired) electrons. The number of halogens is 2. The summed E-state index contributed by atoms with van der Waals surface area (Å²) in [6.07, 6.45) is 0. The van der Waals surface area contributed by atoms with Crippen LogP contribution in [0.3, 0.4) is 0 Å². The lowest BCUT2D eigenvalue weighted by atomic mass is 10.2. The standard InChI is InChI=1S/C21H27FN4OS.HI/c1-23-21(24-11-16-28(27)17-18-5-3-2-4-6-18)26-14-12-25(13-15-26)20-9-7-19(22)8-10-20;/h2-10H,11-17H2,1H3,(H,23,24);1H. The van der Waals surface area contributed by atoms with Gasteiger partial charge in [-0.05, 0) is 29.8 Å². The molecule has 5 nitrogen and oxygen atoms in total. The van der Waals surface area contributed by atoms with Gasteiger partial charge in [0, 0.05) is 67.8 Å². The Hall–Kier alpha value is -1.68. The average Bonchev–Trinajstić information content (AvgIpc) is 2.73. The van der Waals surface area contributed by atoms with Gasteiger partial charge in [0.15, 0.2) is 5.96 Å². The van der Waals surface area contributed by atoms with Gasteiger partial charge in [-0.1, -0.05) is 30.3 Å². The summed E-state index contributed by atoms with van der Waals surface area (Å²) in [5.74, 6) is 1.80. The summed E-state index contributed by atoms with van der Waals surface area (Å²) >= 11 is 0. The Labute approximate surface area is 191 Å². The molecule has 1 aliphatic heterocycles. The highest BCUT2D eigenvalue weighted by Gasteiger charge is 2.19. The molecule has 0 saturated carbocycles. The Morgan fingerprint density at radius 2 is 1.72 bits per heavy atom. The summed E-state index contributed by atoms with van der Waals surface area (Å²) < 4.78 is 25.4. The number of hydrogen-bond donors (Lipinski definition) is 1. The third-order valence-electron chi connectivity index (χ3n) is 4.77. The fourth-order valence-corrected chi connectivity index (χ4v) is 4.31. The van der Waals surface area contributed by atoms with Crippen molar-refractivity contribution in [1.82, 2.24) is 10.2 Å². The van der Waals surface area contributed by atoms with Gasteiger partial charge in [0.1, 0.15) is 5.82 Å². The van der Waals surface area contributed by atoms with E-state index in [4.69, 9.17) is 0 Å². The number of hydrogen-bond acceptors (Lipinski definition) is 3. The van der Waals surface area contributed by atoms with Gasteiger partial charge in [-0.2, -0.15) is 0 Å². The van der Waals surface area contributed by atoms with Gasteiger partial charge in [0.2, 0.25) is 0 Å². The highest BCUT2D eigenvalue weighted by Crippen LogP contribution is 2.16. The van der Waals surface area contributed by atoms with Gasteiger partial charge in [-0.25, -0.2) is 4.39 Å². The first kappa shape index (κ1) is 23.6. The third kappa shape index (κ3) is 7.26. The molecule has 2 aromatic rings. The minimum absolute atomic E-state index is 0. The van der Waals surface area contributed by atoms with Crippen LogP contribution in [0.2, 0.25) is 0 Å². The van der Waals surface area contributed by atoms with Crippen molar-refractivity contribution < 1.29 is 8.60 Å². The van der Waals surface area contributed by atoms with E-state index in [-0.39, 0.29) is 29.8 Å². The molecular weight excluding hydrogens is 502 g/mol. The fourth-order valence-electron chi connectivity index (χ4n) is 3.27. The Morgan fingerprint density at radius 1 is 1.07 bits per heavy atom. The SMILES string of the molecule is CN=C(NCCS(=O)Cc1ccccc1)N1CCN(c2ccc(F)cc2)CC1.I. The monoisotopic (exact) mass is 530 g/mol. The lowest BCUT2D eigenvalue weighted by molar-refractivity contribution is 0.373. The Balaban J connectivity index is 0.00000300. The van der Waals surface area contributed by atoms with Crippen molar-refractivity contribution in [2.45, 2.75) is 5.75 Å². The maximum absolute atomic E-state index is 13.1. The second-order valence-electron chi connectivity index (χ2n) is 6.70. The maximum Gasteiger partial charge on any atom is 0.193 e. The summed E-state index contributed by atoms with van der Waals surface area (Å²) in [6.45, 7) is 4.01. The van der Waals surface area contributed by atoms with Crippen LogP contribution < -0.4 is 10.2 Å². The lowest BCUT2D eigenvalue weighted by Gasteiger charge is -2.37. The van der Waals surface area contributed by atoms with E-state index in [1.165, 1.54) is 12.1 Å². The normalized spacial score (nSPS) is 15.6. The number of piperazine rings is 1. The van der Waals surface area contributed by atoms with Gasteiger partial charge < -0.3 is 15.1 Å². The molecular formula is C21H28FIN4OS. The van der Waals surface area contributed by atoms with Crippen LogP contribution in [0.25, 0.3) is 0 Å². The summed E-state index contributed by atoms with van der Waals surface area (Å²) in [7, 11) is 0.872. The van der Waals surface area contributed by atoms with Crippen molar-refractivity contribution in [3.05, 3.63) is 66.0 Å². The molecule has 1 saturated heterocycles. The first-order valence-corrected chi connectivity index (χ1v) is 11.0. The molecule has 0 amide bonds. The number of nitrogens with zero attached hydrogens (tertiary/aromatic N) is 3. The fraction of sp³-hybridized carbons (Fsp3) is 0.381. The minimum atomic E-state index is -0.902. The van der Waals surface area contributed by atoms with Gasteiger partial charge >= 0.3 is 0 Å². The first-order valence-electron chi connectivity index (χ1n) is 9.51. The first-order chi connectivity index (χ1) is 13.7.